The van der Waals surface area contributed by atoms with Crippen molar-refractivity contribution < 1.29 is 9.53 Å². The molecule has 23 heavy (non-hydrogen) atoms. The van der Waals surface area contributed by atoms with Gasteiger partial charge in [-0.2, -0.15) is 0 Å². The summed E-state index contributed by atoms with van der Waals surface area (Å²) in [5, 5.41) is 3.88. The van der Waals surface area contributed by atoms with Crippen molar-refractivity contribution in [1.82, 2.24) is 0 Å². The number of halogens is 2. The lowest BCUT2D eigenvalue weighted by Gasteiger charge is -2.10. The molecule has 3 N–H and O–H groups in total. The van der Waals surface area contributed by atoms with Gasteiger partial charge in [0.15, 0.2) is 0 Å². The predicted octanol–water partition coefficient (Wildman–Crippen LogP) is 4.68. The lowest BCUT2D eigenvalue weighted by Crippen LogP contribution is -2.13. The summed E-state index contributed by atoms with van der Waals surface area (Å²) in [6.07, 6.45) is 0.938. The van der Waals surface area contributed by atoms with Crippen molar-refractivity contribution in [3.8, 4) is 5.75 Å². The van der Waals surface area contributed by atoms with Gasteiger partial charge in [0.2, 0.25) is 5.91 Å². The highest BCUT2D eigenvalue weighted by Gasteiger charge is 2.06. The zero-order valence-electron chi connectivity index (χ0n) is 12.7. The molecule has 4 nitrogen and oxygen atoms in total. The van der Waals surface area contributed by atoms with E-state index in [4.69, 9.17) is 33.7 Å². The Morgan fingerprint density at radius 2 is 2.00 bits per heavy atom. The number of carbonyl (C=O) groups excluding carboxylic acids is 1. The van der Waals surface area contributed by atoms with Gasteiger partial charge in [-0.25, -0.2) is 0 Å². The van der Waals surface area contributed by atoms with Crippen LogP contribution in [0, 0.1) is 6.92 Å². The smallest absolute Gasteiger partial charge is 0.224 e. The number of rotatable bonds is 6. The van der Waals surface area contributed by atoms with Crippen LogP contribution in [0.3, 0.4) is 0 Å². The minimum atomic E-state index is -0.0660. The Kier molecular flexibility index (Phi) is 6.13. The summed E-state index contributed by atoms with van der Waals surface area (Å²) in [7, 11) is 0. The van der Waals surface area contributed by atoms with E-state index >= 15 is 0 Å². The number of hydrogen-bond donors (Lipinski definition) is 2. The normalized spacial score (nSPS) is 10.4. The van der Waals surface area contributed by atoms with Crippen molar-refractivity contribution in [3.63, 3.8) is 0 Å². The van der Waals surface area contributed by atoms with Crippen molar-refractivity contribution >= 4 is 40.5 Å². The number of carbonyl (C=O) groups is 1. The van der Waals surface area contributed by atoms with Gasteiger partial charge in [-0.15, -0.1) is 0 Å². The van der Waals surface area contributed by atoms with E-state index in [1.807, 2.05) is 13.0 Å². The third-order valence-electron chi connectivity index (χ3n) is 3.22. The second kappa shape index (κ2) is 8.09. The Hall–Kier alpha value is -1.91. The van der Waals surface area contributed by atoms with Gasteiger partial charge in [-0.05, 0) is 55.3 Å². The maximum Gasteiger partial charge on any atom is 0.224 e. The largest absolute Gasteiger partial charge is 0.492 e. The standard InChI is InChI=1S/C17H18Cl2N2O2/c1-11-9-13(20)5-6-15(11)21-17(22)3-2-8-23-16-7-4-12(18)10-14(16)19/h4-7,9-10H,2-3,8,20H2,1H3,(H,21,22). The molecule has 0 aromatic heterocycles. The fourth-order valence-corrected chi connectivity index (χ4v) is 2.51. The van der Waals surface area contributed by atoms with Crippen LogP contribution in [-0.4, -0.2) is 12.5 Å². The molecule has 0 saturated heterocycles. The molecule has 0 aliphatic carbocycles. The molecule has 0 bridgehead atoms. The number of aryl methyl sites for hydroxylation is 1. The summed E-state index contributed by atoms with van der Waals surface area (Å²) in [4.78, 5) is 11.9. The number of hydrogen-bond acceptors (Lipinski definition) is 3. The molecule has 0 heterocycles. The van der Waals surface area contributed by atoms with Crippen LogP contribution in [0.4, 0.5) is 11.4 Å². The first-order chi connectivity index (χ1) is 11.0. The second-order valence-corrected chi connectivity index (χ2v) is 5.99. The molecule has 0 spiro atoms. The van der Waals surface area contributed by atoms with Crippen molar-refractivity contribution in [2.45, 2.75) is 19.8 Å². The number of anilines is 2. The highest BCUT2D eigenvalue weighted by molar-refractivity contribution is 6.35. The number of amides is 1. The molecule has 0 saturated carbocycles. The molecule has 2 rings (SSSR count). The Bertz CT molecular complexity index is 705. The average molecular weight is 353 g/mol. The fraction of sp³-hybridized carbons (Fsp3) is 0.235. The van der Waals surface area contributed by atoms with Gasteiger partial charge in [-0.3, -0.25) is 4.79 Å². The van der Waals surface area contributed by atoms with Crippen molar-refractivity contribution in [3.05, 3.63) is 52.0 Å². The molecule has 0 aliphatic rings. The quantitative estimate of drug-likeness (QED) is 0.585. The minimum absolute atomic E-state index is 0.0660. The van der Waals surface area contributed by atoms with Gasteiger partial charge in [0.05, 0.1) is 11.6 Å². The molecule has 0 atom stereocenters. The van der Waals surface area contributed by atoms with E-state index in [-0.39, 0.29) is 5.91 Å². The predicted molar refractivity (Wildman–Crippen MR) is 95.4 cm³/mol. The molecule has 0 unspecified atom stereocenters. The highest BCUT2D eigenvalue weighted by Crippen LogP contribution is 2.27. The molecule has 0 radical (unpaired) electrons. The second-order valence-electron chi connectivity index (χ2n) is 5.15. The van der Waals surface area contributed by atoms with E-state index in [9.17, 15) is 4.79 Å². The van der Waals surface area contributed by atoms with E-state index in [2.05, 4.69) is 5.32 Å². The summed E-state index contributed by atoms with van der Waals surface area (Å²) in [6, 6.07) is 10.4. The van der Waals surface area contributed by atoms with Crippen LogP contribution < -0.4 is 15.8 Å². The maximum atomic E-state index is 11.9. The van der Waals surface area contributed by atoms with Crippen molar-refractivity contribution in [2.75, 3.05) is 17.7 Å². The van der Waals surface area contributed by atoms with Gasteiger partial charge < -0.3 is 15.8 Å². The van der Waals surface area contributed by atoms with Gasteiger partial charge in [0.1, 0.15) is 5.75 Å². The van der Waals surface area contributed by atoms with Crippen LogP contribution in [0.5, 0.6) is 5.75 Å². The first-order valence-corrected chi connectivity index (χ1v) is 7.95. The van der Waals surface area contributed by atoms with Gasteiger partial charge in [0.25, 0.3) is 0 Å². The number of nitrogens with one attached hydrogen (secondary N) is 1. The molecule has 6 heteroatoms. The Labute approximate surface area is 145 Å². The zero-order chi connectivity index (χ0) is 16.8. The Balaban J connectivity index is 1.76. The van der Waals surface area contributed by atoms with E-state index < -0.39 is 0 Å². The summed E-state index contributed by atoms with van der Waals surface area (Å²) in [5.41, 5.74) is 8.06. The minimum Gasteiger partial charge on any atom is -0.492 e. The van der Waals surface area contributed by atoms with Crippen LogP contribution in [0.15, 0.2) is 36.4 Å². The van der Waals surface area contributed by atoms with E-state index in [1.165, 1.54) is 0 Å². The summed E-state index contributed by atoms with van der Waals surface area (Å²) >= 11 is 11.8. The number of nitrogen functional groups attached to an aromatic ring is 1. The van der Waals surface area contributed by atoms with Gasteiger partial charge in [0, 0.05) is 22.8 Å². The van der Waals surface area contributed by atoms with Crippen LogP contribution in [0.1, 0.15) is 18.4 Å². The third-order valence-corrected chi connectivity index (χ3v) is 3.75. The zero-order valence-corrected chi connectivity index (χ0v) is 14.2. The Morgan fingerprint density at radius 1 is 1.22 bits per heavy atom. The lowest BCUT2D eigenvalue weighted by molar-refractivity contribution is -0.116. The number of nitrogens with two attached hydrogens (primary N) is 1. The summed E-state index contributed by atoms with van der Waals surface area (Å²) < 4.78 is 5.54. The lowest BCUT2D eigenvalue weighted by atomic mass is 10.1. The van der Waals surface area contributed by atoms with Crippen molar-refractivity contribution in [1.29, 1.82) is 0 Å². The molecule has 2 aromatic carbocycles. The van der Waals surface area contributed by atoms with Crippen LogP contribution in [-0.2, 0) is 4.79 Å². The topological polar surface area (TPSA) is 64.3 Å². The maximum absolute atomic E-state index is 11.9. The van der Waals surface area contributed by atoms with Crippen LogP contribution in [0.25, 0.3) is 0 Å². The number of benzene rings is 2. The van der Waals surface area contributed by atoms with Crippen LogP contribution >= 0.6 is 23.2 Å². The Morgan fingerprint density at radius 3 is 2.70 bits per heavy atom. The van der Waals surface area contributed by atoms with Gasteiger partial charge >= 0.3 is 0 Å². The van der Waals surface area contributed by atoms with Crippen LogP contribution in [0.2, 0.25) is 10.0 Å². The van der Waals surface area contributed by atoms with Crippen molar-refractivity contribution in [2.24, 2.45) is 0 Å². The first-order valence-electron chi connectivity index (χ1n) is 7.19. The molecule has 0 fully saturated rings. The van der Waals surface area contributed by atoms with E-state index in [0.29, 0.717) is 40.9 Å². The first kappa shape index (κ1) is 17.4. The average Bonchev–Trinajstić information content (AvgIpc) is 2.48. The third kappa shape index (κ3) is 5.34. The van der Waals surface area contributed by atoms with E-state index in [0.717, 1.165) is 11.3 Å². The molecule has 122 valence electrons. The molecular weight excluding hydrogens is 335 g/mol. The summed E-state index contributed by atoms with van der Waals surface area (Å²) in [6.45, 7) is 2.30. The monoisotopic (exact) mass is 352 g/mol. The molecule has 2 aromatic rings. The van der Waals surface area contributed by atoms with E-state index in [1.54, 1.807) is 30.3 Å². The molecule has 0 aliphatic heterocycles. The van der Waals surface area contributed by atoms with Gasteiger partial charge in [-0.1, -0.05) is 23.2 Å². The SMILES string of the molecule is Cc1cc(N)ccc1NC(=O)CCCOc1ccc(Cl)cc1Cl. The molecule has 1 amide bonds. The number of ether oxygens (including phenoxy) is 1. The molecular formula is C17H18Cl2N2O2. The highest BCUT2D eigenvalue weighted by atomic mass is 35.5. The fourth-order valence-electron chi connectivity index (χ4n) is 2.05. The summed E-state index contributed by atoms with van der Waals surface area (Å²) in [5.74, 6) is 0.495.